The van der Waals surface area contributed by atoms with Gasteiger partial charge in [0.2, 0.25) is 0 Å². The minimum absolute atomic E-state index is 0.228. The molecule has 0 atom stereocenters. The summed E-state index contributed by atoms with van der Waals surface area (Å²) in [6.45, 7) is 0.401. The molecule has 2 fully saturated rings. The first kappa shape index (κ1) is 12.0. The molecule has 3 N–H and O–H groups in total. The lowest BCUT2D eigenvalue weighted by Gasteiger charge is -2.37. The van der Waals surface area contributed by atoms with Gasteiger partial charge in [0.1, 0.15) is 0 Å². The van der Waals surface area contributed by atoms with Crippen LogP contribution in [0.3, 0.4) is 0 Å². The lowest BCUT2D eigenvalue weighted by atomic mass is 9.81. The van der Waals surface area contributed by atoms with E-state index in [9.17, 15) is 14.4 Å². The summed E-state index contributed by atoms with van der Waals surface area (Å²) >= 11 is 0. The van der Waals surface area contributed by atoms with E-state index >= 15 is 0 Å². The number of amides is 2. The molecule has 6 nitrogen and oxygen atoms in total. The van der Waals surface area contributed by atoms with Gasteiger partial charge in [-0.25, -0.2) is 0 Å². The van der Waals surface area contributed by atoms with Crippen molar-refractivity contribution in [2.45, 2.75) is 31.7 Å². The van der Waals surface area contributed by atoms with Gasteiger partial charge in [-0.2, -0.15) is 0 Å². The molecule has 1 heterocycles. The van der Waals surface area contributed by atoms with Crippen molar-refractivity contribution < 1.29 is 19.5 Å². The van der Waals surface area contributed by atoms with E-state index in [4.69, 9.17) is 10.8 Å². The second-order valence-corrected chi connectivity index (χ2v) is 4.82. The van der Waals surface area contributed by atoms with Crippen LogP contribution >= 0.6 is 0 Å². The summed E-state index contributed by atoms with van der Waals surface area (Å²) in [4.78, 5) is 34.6. The molecule has 6 heteroatoms. The smallest absolute Gasteiger partial charge is 0.306 e. The number of carboxylic acids is 1. The van der Waals surface area contributed by atoms with Crippen LogP contribution < -0.4 is 5.73 Å². The van der Waals surface area contributed by atoms with Gasteiger partial charge in [0.25, 0.3) is 11.8 Å². The summed E-state index contributed by atoms with van der Waals surface area (Å²) in [6, 6.07) is -0.967. The van der Waals surface area contributed by atoms with Crippen molar-refractivity contribution in [3.05, 3.63) is 0 Å². The molecule has 2 rings (SSSR count). The molecule has 0 spiro atoms. The minimum Gasteiger partial charge on any atom is -0.481 e. The standard InChI is InChI=1S/C11H16N2O4/c12-8-9(14)13(10(8)15)5-6-1-3-7(4-2-6)11(16)17/h6-8H,1-5,12H2,(H,16,17). The highest BCUT2D eigenvalue weighted by atomic mass is 16.4. The van der Waals surface area contributed by atoms with Crippen LogP contribution in [0.1, 0.15) is 25.7 Å². The topological polar surface area (TPSA) is 101 Å². The molecule has 0 unspecified atom stereocenters. The minimum atomic E-state index is -0.967. The van der Waals surface area contributed by atoms with Crippen LogP contribution in [0.25, 0.3) is 0 Å². The van der Waals surface area contributed by atoms with Gasteiger partial charge in [0, 0.05) is 6.54 Å². The fourth-order valence-corrected chi connectivity index (χ4v) is 2.51. The Morgan fingerprint density at radius 3 is 2.24 bits per heavy atom. The van der Waals surface area contributed by atoms with E-state index in [0.29, 0.717) is 19.4 Å². The van der Waals surface area contributed by atoms with Gasteiger partial charge in [0.15, 0.2) is 6.04 Å². The van der Waals surface area contributed by atoms with Gasteiger partial charge >= 0.3 is 5.97 Å². The Morgan fingerprint density at radius 1 is 1.24 bits per heavy atom. The molecule has 0 aromatic heterocycles. The van der Waals surface area contributed by atoms with Crippen LogP contribution in [0.5, 0.6) is 0 Å². The first-order chi connectivity index (χ1) is 8.00. The number of imide groups is 1. The fourth-order valence-electron chi connectivity index (χ4n) is 2.51. The molecule has 94 valence electrons. The zero-order valence-electron chi connectivity index (χ0n) is 9.46. The summed E-state index contributed by atoms with van der Waals surface area (Å²) in [5, 5.41) is 8.85. The summed E-state index contributed by atoms with van der Waals surface area (Å²) in [5.41, 5.74) is 5.30. The summed E-state index contributed by atoms with van der Waals surface area (Å²) in [6.07, 6.45) is 2.76. The zero-order valence-corrected chi connectivity index (χ0v) is 9.46. The molecule has 2 aliphatic rings. The molecule has 0 bridgehead atoms. The predicted molar refractivity (Wildman–Crippen MR) is 57.8 cm³/mol. The normalized spacial score (nSPS) is 30.3. The molecular formula is C11H16N2O4. The predicted octanol–water partition coefficient (Wildman–Crippen LogP) is -0.427. The van der Waals surface area contributed by atoms with Crippen LogP contribution in [-0.2, 0) is 14.4 Å². The van der Waals surface area contributed by atoms with Crippen molar-refractivity contribution in [3.8, 4) is 0 Å². The van der Waals surface area contributed by atoms with E-state index < -0.39 is 12.0 Å². The maximum absolute atomic E-state index is 11.3. The molecule has 0 aromatic rings. The number of likely N-dealkylation sites (tertiary alicyclic amines) is 1. The molecule has 17 heavy (non-hydrogen) atoms. The molecule has 1 saturated carbocycles. The van der Waals surface area contributed by atoms with E-state index in [1.54, 1.807) is 0 Å². The van der Waals surface area contributed by atoms with Crippen LogP contribution in [-0.4, -0.2) is 40.4 Å². The summed E-state index contributed by atoms with van der Waals surface area (Å²) in [7, 11) is 0. The van der Waals surface area contributed by atoms with Crippen molar-refractivity contribution >= 4 is 17.8 Å². The van der Waals surface area contributed by atoms with Gasteiger partial charge in [-0.05, 0) is 31.6 Å². The maximum atomic E-state index is 11.3. The molecule has 2 amide bonds. The molecule has 1 aliphatic heterocycles. The summed E-state index contributed by atoms with van der Waals surface area (Å²) < 4.78 is 0. The lowest BCUT2D eigenvalue weighted by Crippen LogP contribution is -2.66. The monoisotopic (exact) mass is 240 g/mol. The van der Waals surface area contributed by atoms with Crippen molar-refractivity contribution in [3.63, 3.8) is 0 Å². The Kier molecular flexibility index (Phi) is 3.15. The molecule has 0 radical (unpaired) electrons. The average Bonchev–Trinajstić information content (AvgIpc) is 2.35. The number of nitrogens with zero attached hydrogens (tertiary/aromatic N) is 1. The molecule has 1 aliphatic carbocycles. The number of carbonyl (C=O) groups excluding carboxylic acids is 2. The largest absolute Gasteiger partial charge is 0.481 e. The Labute approximate surface area is 98.8 Å². The fraction of sp³-hybridized carbons (Fsp3) is 0.727. The van der Waals surface area contributed by atoms with Crippen LogP contribution in [0.2, 0.25) is 0 Å². The van der Waals surface area contributed by atoms with Gasteiger partial charge in [-0.3, -0.25) is 19.3 Å². The molecule has 1 saturated heterocycles. The number of β-lactam (4-membered cyclic amide) rings is 2. The van der Waals surface area contributed by atoms with Gasteiger partial charge in [-0.1, -0.05) is 0 Å². The van der Waals surface area contributed by atoms with Crippen LogP contribution in [0, 0.1) is 11.8 Å². The number of aliphatic carboxylic acids is 1. The highest BCUT2D eigenvalue weighted by molar-refractivity contribution is 6.21. The Morgan fingerprint density at radius 2 is 1.76 bits per heavy atom. The second-order valence-electron chi connectivity index (χ2n) is 4.82. The summed E-state index contributed by atoms with van der Waals surface area (Å²) in [5.74, 6) is -1.41. The number of carbonyl (C=O) groups is 3. The molecule has 0 aromatic carbocycles. The number of nitrogens with two attached hydrogens (primary N) is 1. The maximum Gasteiger partial charge on any atom is 0.306 e. The third-order valence-electron chi connectivity index (χ3n) is 3.70. The van der Waals surface area contributed by atoms with Crippen LogP contribution in [0.15, 0.2) is 0 Å². The van der Waals surface area contributed by atoms with Crippen molar-refractivity contribution in [1.29, 1.82) is 0 Å². The molecular weight excluding hydrogens is 224 g/mol. The van der Waals surface area contributed by atoms with Crippen molar-refractivity contribution in [2.24, 2.45) is 17.6 Å². The van der Waals surface area contributed by atoms with E-state index in [-0.39, 0.29) is 23.7 Å². The number of rotatable bonds is 3. The second kappa shape index (κ2) is 4.44. The van der Waals surface area contributed by atoms with E-state index in [0.717, 1.165) is 12.8 Å². The quantitative estimate of drug-likeness (QED) is 0.515. The van der Waals surface area contributed by atoms with Crippen molar-refractivity contribution in [1.82, 2.24) is 4.90 Å². The lowest BCUT2D eigenvalue weighted by molar-refractivity contribution is -0.161. The Bertz CT molecular complexity index is 344. The first-order valence-electron chi connectivity index (χ1n) is 5.84. The third-order valence-corrected chi connectivity index (χ3v) is 3.70. The van der Waals surface area contributed by atoms with Crippen LogP contribution in [0.4, 0.5) is 0 Å². The number of carboxylic acid groups (broad SMARTS) is 1. The SMILES string of the molecule is NC1C(=O)N(CC2CCC(C(=O)O)CC2)C1=O. The van der Waals surface area contributed by atoms with Gasteiger partial charge in [0.05, 0.1) is 5.92 Å². The zero-order chi connectivity index (χ0) is 12.6. The number of hydrogen-bond donors (Lipinski definition) is 2. The van der Waals surface area contributed by atoms with Gasteiger partial charge < -0.3 is 10.8 Å². The van der Waals surface area contributed by atoms with E-state index in [1.807, 2.05) is 0 Å². The Balaban J connectivity index is 1.81. The average molecular weight is 240 g/mol. The third kappa shape index (κ3) is 2.17. The Hall–Kier alpha value is -1.43. The van der Waals surface area contributed by atoms with E-state index in [1.165, 1.54) is 4.90 Å². The van der Waals surface area contributed by atoms with Gasteiger partial charge in [-0.15, -0.1) is 0 Å². The highest BCUT2D eigenvalue weighted by Crippen LogP contribution is 2.30. The highest BCUT2D eigenvalue weighted by Gasteiger charge is 2.44. The van der Waals surface area contributed by atoms with Crippen molar-refractivity contribution in [2.75, 3.05) is 6.54 Å². The number of hydrogen-bond acceptors (Lipinski definition) is 4. The first-order valence-corrected chi connectivity index (χ1v) is 5.84. The van der Waals surface area contributed by atoms with E-state index in [2.05, 4.69) is 0 Å².